The maximum Gasteiger partial charge on any atom is 0.169 e. The third-order valence-electron chi connectivity index (χ3n) is 3.40. The lowest BCUT2D eigenvalue weighted by Crippen LogP contribution is -2.34. The fourth-order valence-corrected chi connectivity index (χ4v) is 2.42. The van der Waals surface area contributed by atoms with Gasteiger partial charge >= 0.3 is 0 Å². The van der Waals surface area contributed by atoms with E-state index in [0.717, 1.165) is 38.3 Å². The molecule has 17 heavy (non-hydrogen) atoms. The van der Waals surface area contributed by atoms with Crippen LogP contribution in [0.2, 0.25) is 0 Å². The Bertz CT molecular complexity index is 408. The zero-order valence-electron chi connectivity index (χ0n) is 9.73. The van der Waals surface area contributed by atoms with Gasteiger partial charge in [-0.2, -0.15) is 0 Å². The number of pyridine rings is 1. The van der Waals surface area contributed by atoms with Crippen molar-refractivity contribution < 1.29 is 9.18 Å². The second-order valence-corrected chi connectivity index (χ2v) is 4.66. The minimum absolute atomic E-state index is 0.0635. The molecule has 2 rings (SSSR count). The number of rotatable bonds is 2. The Morgan fingerprint density at radius 2 is 2.06 bits per heavy atom. The van der Waals surface area contributed by atoms with Crippen LogP contribution in [0.5, 0.6) is 0 Å². The molecule has 1 aliphatic carbocycles. The smallest absolute Gasteiger partial charge is 0.169 e. The number of carbonyl (C=O) groups is 1. The van der Waals surface area contributed by atoms with Gasteiger partial charge in [-0.1, -0.05) is 19.3 Å². The van der Waals surface area contributed by atoms with E-state index in [4.69, 9.17) is 5.73 Å². The molecule has 0 saturated heterocycles. The molecule has 4 heteroatoms. The number of halogens is 1. The highest BCUT2D eigenvalue weighted by molar-refractivity contribution is 5.98. The largest absolute Gasteiger partial charge is 0.327 e. The van der Waals surface area contributed by atoms with Gasteiger partial charge in [0.2, 0.25) is 0 Å². The molecule has 1 aliphatic rings. The topological polar surface area (TPSA) is 56.0 Å². The third kappa shape index (κ3) is 2.88. The van der Waals surface area contributed by atoms with Crippen LogP contribution in [0.25, 0.3) is 0 Å². The van der Waals surface area contributed by atoms with E-state index in [1.807, 2.05) is 0 Å². The second kappa shape index (κ2) is 5.36. The summed E-state index contributed by atoms with van der Waals surface area (Å²) in [5.74, 6) is -0.717. The van der Waals surface area contributed by atoms with Crippen molar-refractivity contribution >= 4 is 5.78 Å². The Morgan fingerprint density at radius 1 is 1.29 bits per heavy atom. The number of nitrogens with zero attached hydrogens (tertiary/aromatic N) is 1. The predicted octanol–water partition coefficient (Wildman–Crippen LogP) is 2.31. The number of Topliss-reactive ketones (excluding diaryl/α,β-unsaturated/α-hetero) is 1. The Hall–Kier alpha value is -1.29. The molecular weight excluding hydrogens is 219 g/mol. The lowest BCUT2D eigenvalue weighted by molar-refractivity contribution is 0.0894. The third-order valence-corrected chi connectivity index (χ3v) is 3.40. The molecule has 0 bridgehead atoms. The zero-order valence-corrected chi connectivity index (χ0v) is 9.73. The highest BCUT2D eigenvalue weighted by Gasteiger charge is 2.28. The normalized spacial score (nSPS) is 25.3. The summed E-state index contributed by atoms with van der Waals surface area (Å²) in [6.45, 7) is 0. The Kier molecular flexibility index (Phi) is 3.84. The van der Waals surface area contributed by atoms with E-state index in [1.165, 1.54) is 12.3 Å². The molecular formula is C13H17FN2O. The maximum atomic E-state index is 13.0. The quantitative estimate of drug-likeness (QED) is 0.633. The Balaban J connectivity index is 2.18. The Morgan fingerprint density at radius 3 is 2.82 bits per heavy atom. The number of nitrogens with two attached hydrogens (primary N) is 1. The average Bonchev–Trinajstić information content (AvgIpc) is 2.53. The van der Waals surface area contributed by atoms with Crippen molar-refractivity contribution in [1.82, 2.24) is 4.98 Å². The molecule has 1 aromatic rings. The second-order valence-electron chi connectivity index (χ2n) is 4.66. The van der Waals surface area contributed by atoms with Gasteiger partial charge in [0.15, 0.2) is 5.78 Å². The van der Waals surface area contributed by atoms with E-state index in [2.05, 4.69) is 4.98 Å². The van der Waals surface area contributed by atoms with Crippen molar-refractivity contribution in [2.45, 2.75) is 38.1 Å². The number of hydrogen-bond donors (Lipinski definition) is 1. The van der Waals surface area contributed by atoms with Gasteiger partial charge in [0, 0.05) is 23.7 Å². The summed E-state index contributed by atoms with van der Waals surface area (Å²) < 4.78 is 13.0. The monoisotopic (exact) mass is 236 g/mol. The van der Waals surface area contributed by atoms with Gasteiger partial charge in [-0.05, 0) is 18.9 Å². The van der Waals surface area contributed by atoms with Crippen molar-refractivity contribution in [1.29, 1.82) is 0 Å². The van der Waals surface area contributed by atoms with Gasteiger partial charge in [0.25, 0.3) is 0 Å². The molecule has 1 aromatic heterocycles. The van der Waals surface area contributed by atoms with Crippen LogP contribution in [0.15, 0.2) is 18.5 Å². The summed E-state index contributed by atoms with van der Waals surface area (Å²) in [7, 11) is 0. The minimum Gasteiger partial charge on any atom is -0.327 e. The zero-order chi connectivity index (χ0) is 12.3. The van der Waals surface area contributed by atoms with E-state index in [1.54, 1.807) is 0 Å². The fraction of sp³-hybridized carbons (Fsp3) is 0.538. The van der Waals surface area contributed by atoms with Gasteiger partial charge in [-0.3, -0.25) is 9.78 Å². The van der Waals surface area contributed by atoms with E-state index < -0.39 is 5.82 Å². The fourth-order valence-electron chi connectivity index (χ4n) is 2.42. The number of hydrogen-bond acceptors (Lipinski definition) is 3. The highest BCUT2D eigenvalue weighted by atomic mass is 19.1. The first-order valence-corrected chi connectivity index (χ1v) is 6.09. The molecule has 0 aromatic carbocycles. The summed E-state index contributed by atoms with van der Waals surface area (Å²) in [4.78, 5) is 15.9. The van der Waals surface area contributed by atoms with Crippen LogP contribution in [0, 0.1) is 11.7 Å². The number of aromatic nitrogens is 1. The molecule has 92 valence electrons. The summed E-state index contributed by atoms with van der Waals surface area (Å²) in [6, 6.07) is 1.14. The van der Waals surface area contributed by atoms with E-state index >= 15 is 0 Å². The SMILES string of the molecule is NC1CCCCCC1C(=O)c1cncc(F)c1. The van der Waals surface area contributed by atoms with Crippen LogP contribution >= 0.6 is 0 Å². The standard InChI is InChI=1S/C13H17FN2O/c14-10-6-9(7-16-8-10)13(17)11-4-2-1-3-5-12(11)15/h6-8,11-12H,1-5,15H2. The van der Waals surface area contributed by atoms with Crippen molar-refractivity contribution in [3.63, 3.8) is 0 Å². The van der Waals surface area contributed by atoms with Crippen LogP contribution in [0.4, 0.5) is 4.39 Å². The molecule has 2 unspecified atom stereocenters. The van der Waals surface area contributed by atoms with Gasteiger partial charge in [0.1, 0.15) is 5.82 Å². The number of ketones is 1. The summed E-state index contributed by atoms with van der Waals surface area (Å²) in [6.07, 6.45) is 7.42. The van der Waals surface area contributed by atoms with Gasteiger partial charge in [0.05, 0.1) is 6.20 Å². The molecule has 0 radical (unpaired) electrons. The van der Waals surface area contributed by atoms with Crippen LogP contribution in [0.3, 0.4) is 0 Å². The highest BCUT2D eigenvalue weighted by Crippen LogP contribution is 2.25. The van der Waals surface area contributed by atoms with Crippen molar-refractivity contribution in [3.05, 3.63) is 29.8 Å². The molecule has 1 heterocycles. The van der Waals surface area contributed by atoms with E-state index in [9.17, 15) is 9.18 Å². The van der Waals surface area contributed by atoms with Gasteiger partial charge in [-0.15, -0.1) is 0 Å². The molecule has 0 aliphatic heterocycles. The van der Waals surface area contributed by atoms with E-state index in [-0.39, 0.29) is 17.7 Å². The average molecular weight is 236 g/mol. The maximum absolute atomic E-state index is 13.0. The predicted molar refractivity (Wildman–Crippen MR) is 63.1 cm³/mol. The Labute approximate surface area is 100 Å². The van der Waals surface area contributed by atoms with Crippen molar-refractivity contribution in [2.75, 3.05) is 0 Å². The molecule has 0 spiro atoms. The lowest BCUT2D eigenvalue weighted by atomic mass is 9.88. The first-order chi connectivity index (χ1) is 8.18. The molecule has 2 atom stereocenters. The first-order valence-electron chi connectivity index (χ1n) is 6.09. The minimum atomic E-state index is -0.474. The molecule has 2 N–H and O–H groups in total. The van der Waals surface area contributed by atoms with Gasteiger partial charge < -0.3 is 5.73 Å². The van der Waals surface area contributed by atoms with Crippen molar-refractivity contribution in [3.8, 4) is 0 Å². The molecule has 1 saturated carbocycles. The molecule has 0 amide bonds. The van der Waals surface area contributed by atoms with Crippen LogP contribution in [-0.4, -0.2) is 16.8 Å². The summed E-state index contributed by atoms with van der Waals surface area (Å²) in [5.41, 5.74) is 6.36. The van der Waals surface area contributed by atoms with Gasteiger partial charge in [-0.25, -0.2) is 4.39 Å². The van der Waals surface area contributed by atoms with E-state index in [0.29, 0.717) is 5.56 Å². The number of carbonyl (C=O) groups excluding carboxylic acids is 1. The molecule has 3 nitrogen and oxygen atoms in total. The van der Waals surface area contributed by atoms with Crippen LogP contribution < -0.4 is 5.73 Å². The summed E-state index contributed by atoms with van der Waals surface area (Å²) >= 11 is 0. The lowest BCUT2D eigenvalue weighted by Gasteiger charge is -2.19. The van der Waals surface area contributed by atoms with Crippen molar-refractivity contribution in [2.24, 2.45) is 11.7 Å². The van der Waals surface area contributed by atoms with Crippen LogP contribution in [0.1, 0.15) is 42.5 Å². The summed E-state index contributed by atoms with van der Waals surface area (Å²) in [5, 5.41) is 0. The molecule has 1 fully saturated rings. The van der Waals surface area contributed by atoms with Crippen LogP contribution in [-0.2, 0) is 0 Å². The first kappa shape index (κ1) is 12.2.